The van der Waals surface area contributed by atoms with E-state index in [0.717, 1.165) is 38.5 Å². The Kier molecular flexibility index (Phi) is 12.0. The van der Waals surface area contributed by atoms with E-state index in [2.05, 4.69) is 6.92 Å². The molecule has 106 valence electrons. The zero-order chi connectivity index (χ0) is 13.6. The summed E-state index contributed by atoms with van der Waals surface area (Å²) < 4.78 is 0. The molecular weight excluding hydrogens is 228 g/mol. The van der Waals surface area contributed by atoms with Gasteiger partial charge >= 0.3 is 5.97 Å². The van der Waals surface area contributed by atoms with Gasteiger partial charge in [-0.05, 0) is 19.3 Å². The van der Waals surface area contributed by atoms with Gasteiger partial charge in [-0.15, -0.1) is 0 Å². The molecule has 3 heteroatoms. The Balaban J connectivity index is 0.000000397. The summed E-state index contributed by atoms with van der Waals surface area (Å²) in [5.74, 6) is -0.210. The highest BCUT2D eigenvalue weighted by molar-refractivity contribution is 5.80. The lowest BCUT2D eigenvalue weighted by Crippen LogP contribution is -1.93. The standard InChI is InChI=1S/C10H20O2.C5H8O/c1-2-3-4-5-6-7-8-9-10(11)12;6-5-3-1-2-4-5/h2-9H2,1H3,(H,11,12);1-4H2. The summed E-state index contributed by atoms with van der Waals surface area (Å²) in [5.41, 5.74) is 0. The first-order valence-corrected chi connectivity index (χ1v) is 7.40. The van der Waals surface area contributed by atoms with E-state index in [1.807, 2.05) is 0 Å². The van der Waals surface area contributed by atoms with Gasteiger partial charge < -0.3 is 5.11 Å². The van der Waals surface area contributed by atoms with Crippen LogP contribution in [0.3, 0.4) is 0 Å². The SMILES string of the molecule is CCCCCCCCCC(=O)O.O=C1CCCC1. The Hall–Kier alpha value is -0.860. The van der Waals surface area contributed by atoms with Crippen molar-refractivity contribution in [2.45, 2.75) is 84.0 Å². The van der Waals surface area contributed by atoms with Gasteiger partial charge in [0.05, 0.1) is 0 Å². The lowest BCUT2D eigenvalue weighted by molar-refractivity contribution is -0.137. The van der Waals surface area contributed by atoms with Gasteiger partial charge in [-0.25, -0.2) is 0 Å². The Bertz CT molecular complexity index is 216. The third-order valence-corrected chi connectivity index (χ3v) is 3.16. The van der Waals surface area contributed by atoms with E-state index in [9.17, 15) is 9.59 Å². The number of aliphatic carboxylic acids is 1. The van der Waals surface area contributed by atoms with Crippen LogP contribution in [-0.4, -0.2) is 16.9 Å². The van der Waals surface area contributed by atoms with Crippen LogP contribution in [0.1, 0.15) is 84.0 Å². The molecule has 0 spiro atoms. The highest BCUT2D eigenvalue weighted by Crippen LogP contribution is 2.11. The number of rotatable bonds is 8. The predicted molar refractivity (Wildman–Crippen MR) is 73.7 cm³/mol. The van der Waals surface area contributed by atoms with Gasteiger partial charge in [0.1, 0.15) is 5.78 Å². The molecule has 1 rings (SSSR count). The number of carboxylic acids is 1. The molecule has 0 aromatic rings. The van der Waals surface area contributed by atoms with E-state index in [1.165, 1.54) is 32.1 Å². The zero-order valence-electron chi connectivity index (χ0n) is 11.7. The van der Waals surface area contributed by atoms with E-state index >= 15 is 0 Å². The van der Waals surface area contributed by atoms with E-state index in [1.54, 1.807) is 0 Å². The molecule has 0 bridgehead atoms. The van der Waals surface area contributed by atoms with Crippen molar-refractivity contribution in [2.24, 2.45) is 0 Å². The fourth-order valence-electron chi connectivity index (χ4n) is 2.00. The Labute approximate surface area is 111 Å². The van der Waals surface area contributed by atoms with Crippen molar-refractivity contribution in [3.05, 3.63) is 0 Å². The first-order valence-electron chi connectivity index (χ1n) is 7.40. The van der Waals surface area contributed by atoms with Crippen molar-refractivity contribution in [3.63, 3.8) is 0 Å². The van der Waals surface area contributed by atoms with Gasteiger partial charge in [-0.1, -0.05) is 45.4 Å². The Morgan fingerprint density at radius 3 is 1.89 bits per heavy atom. The summed E-state index contributed by atoms with van der Waals surface area (Å²) in [6, 6.07) is 0. The average molecular weight is 256 g/mol. The second-order valence-corrected chi connectivity index (χ2v) is 5.01. The minimum Gasteiger partial charge on any atom is -0.481 e. The molecule has 1 fully saturated rings. The maximum Gasteiger partial charge on any atom is 0.303 e. The van der Waals surface area contributed by atoms with Crippen LogP contribution in [-0.2, 0) is 9.59 Å². The Morgan fingerprint density at radius 2 is 1.50 bits per heavy atom. The Morgan fingerprint density at radius 1 is 1.00 bits per heavy atom. The molecule has 0 unspecified atom stereocenters. The summed E-state index contributed by atoms with van der Waals surface area (Å²) in [5, 5.41) is 8.35. The molecule has 0 aromatic heterocycles. The molecule has 1 aliphatic rings. The summed E-state index contributed by atoms with van der Waals surface area (Å²) in [6.07, 6.45) is 12.6. The molecule has 0 aromatic carbocycles. The molecule has 0 amide bonds. The third-order valence-electron chi connectivity index (χ3n) is 3.16. The molecule has 1 saturated carbocycles. The minimum atomic E-state index is -0.663. The van der Waals surface area contributed by atoms with Gasteiger partial charge in [0.2, 0.25) is 0 Å². The van der Waals surface area contributed by atoms with Crippen LogP contribution in [0.2, 0.25) is 0 Å². The summed E-state index contributed by atoms with van der Waals surface area (Å²) in [4.78, 5) is 20.4. The van der Waals surface area contributed by atoms with E-state index in [4.69, 9.17) is 5.11 Å². The molecule has 1 aliphatic carbocycles. The van der Waals surface area contributed by atoms with Crippen molar-refractivity contribution >= 4 is 11.8 Å². The van der Waals surface area contributed by atoms with Crippen LogP contribution in [0.15, 0.2) is 0 Å². The predicted octanol–water partition coefficient (Wildman–Crippen LogP) is 4.34. The van der Waals surface area contributed by atoms with Crippen LogP contribution in [0.4, 0.5) is 0 Å². The minimum absolute atomic E-state index is 0.341. The monoisotopic (exact) mass is 256 g/mol. The molecule has 0 aliphatic heterocycles. The quantitative estimate of drug-likeness (QED) is 0.657. The lowest BCUT2D eigenvalue weighted by Gasteiger charge is -1.98. The van der Waals surface area contributed by atoms with Crippen molar-refractivity contribution in [1.29, 1.82) is 0 Å². The van der Waals surface area contributed by atoms with Crippen LogP contribution in [0.25, 0.3) is 0 Å². The maximum absolute atomic E-state index is 10.2. The number of unbranched alkanes of at least 4 members (excludes halogenated alkanes) is 6. The molecule has 3 nitrogen and oxygen atoms in total. The molecular formula is C15H28O3. The first kappa shape index (κ1) is 17.1. The first-order chi connectivity index (χ1) is 8.66. The smallest absolute Gasteiger partial charge is 0.303 e. The number of carbonyl (C=O) groups excluding carboxylic acids is 1. The molecule has 0 saturated heterocycles. The number of hydrogen-bond acceptors (Lipinski definition) is 2. The van der Waals surface area contributed by atoms with Gasteiger partial charge in [0, 0.05) is 19.3 Å². The second kappa shape index (κ2) is 12.6. The van der Waals surface area contributed by atoms with Crippen LogP contribution in [0.5, 0.6) is 0 Å². The van der Waals surface area contributed by atoms with Crippen LogP contribution < -0.4 is 0 Å². The molecule has 0 heterocycles. The van der Waals surface area contributed by atoms with Gasteiger partial charge in [0.25, 0.3) is 0 Å². The van der Waals surface area contributed by atoms with Crippen molar-refractivity contribution in [3.8, 4) is 0 Å². The number of ketones is 1. The van der Waals surface area contributed by atoms with Gasteiger partial charge in [-0.2, -0.15) is 0 Å². The molecule has 18 heavy (non-hydrogen) atoms. The lowest BCUT2D eigenvalue weighted by atomic mass is 10.1. The van der Waals surface area contributed by atoms with Crippen LogP contribution in [0, 0.1) is 0 Å². The fraction of sp³-hybridized carbons (Fsp3) is 0.867. The maximum atomic E-state index is 10.2. The van der Waals surface area contributed by atoms with E-state index < -0.39 is 5.97 Å². The van der Waals surface area contributed by atoms with E-state index in [0.29, 0.717) is 12.2 Å². The number of carbonyl (C=O) groups is 2. The molecule has 1 N–H and O–H groups in total. The fourth-order valence-corrected chi connectivity index (χ4v) is 2.00. The highest BCUT2D eigenvalue weighted by Gasteiger charge is 2.07. The number of Topliss-reactive ketones (excluding diaryl/α,β-unsaturated/α-hetero) is 1. The average Bonchev–Trinajstić information content (AvgIpc) is 2.80. The van der Waals surface area contributed by atoms with Crippen molar-refractivity contribution in [1.82, 2.24) is 0 Å². The normalized spacial score (nSPS) is 14.2. The van der Waals surface area contributed by atoms with Crippen LogP contribution >= 0.6 is 0 Å². The summed E-state index contributed by atoms with van der Waals surface area (Å²) in [6.45, 7) is 2.20. The topological polar surface area (TPSA) is 54.4 Å². The van der Waals surface area contributed by atoms with Crippen molar-refractivity contribution < 1.29 is 14.7 Å². The summed E-state index contributed by atoms with van der Waals surface area (Å²) >= 11 is 0. The van der Waals surface area contributed by atoms with Gasteiger partial charge in [0.15, 0.2) is 0 Å². The molecule has 0 atom stereocenters. The highest BCUT2D eigenvalue weighted by atomic mass is 16.4. The third kappa shape index (κ3) is 13.2. The second-order valence-electron chi connectivity index (χ2n) is 5.01. The van der Waals surface area contributed by atoms with E-state index in [-0.39, 0.29) is 0 Å². The number of hydrogen-bond donors (Lipinski definition) is 1. The van der Waals surface area contributed by atoms with Gasteiger partial charge in [-0.3, -0.25) is 9.59 Å². The molecule has 0 radical (unpaired) electrons. The van der Waals surface area contributed by atoms with Crippen molar-refractivity contribution in [2.75, 3.05) is 0 Å². The largest absolute Gasteiger partial charge is 0.481 e. The zero-order valence-corrected chi connectivity index (χ0v) is 11.7. The number of carboxylic acid groups (broad SMARTS) is 1. The summed E-state index contributed by atoms with van der Waals surface area (Å²) in [7, 11) is 0.